The summed E-state index contributed by atoms with van der Waals surface area (Å²) in [6, 6.07) is 0. The molecule has 0 bridgehead atoms. The van der Waals surface area contributed by atoms with E-state index in [-0.39, 0.29) is 0 Å². The molecular weight excluding hydrogens is 278 g/mol. The van der Waals surface area contributed by atoms with Gasteiger partial charge in [-0.05, 0) is 44.7 Å². The van der Waals surface area contributed by atoms with Crippen LogP contribution < -0.4 is 5.32 Å². The fraction of sp³-hybridized carbons (Fsp3) is 0.824. The molecule has 0 amide bonds. The van der Waals surface area contributed by atoms with Gasteiger partial charge in [-0.15, -0.1) is 11.3 Å². The number of hydrogen-bond donors (Lipinski definition) is 1. The summed E-state index contributed by atoms with van der Waals surface area (Å²) in [5.41, 5.74) is 1.71. The summed E-state index contributed by atoms with van der Waals surface area (Å²) < 4.78 is 0. The maximum absolute atomic E-state index is 4.59. The zero-order valence-electron chi connectivity index (χ0n) is 14.1. The summed E-state index contributed by atoms with van der Waals surface area (Å²) in [5, 5.41) is 7.07. The molecule has 21 heavy (non-hydrogen) atoms. The minimum absolute atomic E-state index is 0.481. The number of nitrogens with one attached hydrogen (secondary N) is 1. The lowest BCUT2D eigenvalue weighted by Gasteiger charge is -2.34. The average molecular weight is 310 g/mol. The van der Waals surface area contributed by atoms with Crippen molar-refractivity contribution in [1.82, 2.24) is 15.2 Å². The van der Waals surface area contributed by atoms with Gasteiger partial charge in [0.25, 0.3) is 0 Å². The van der Waals surface area contributed by atoms with E-state index in [0.717, 1.165) is 19.0 Å². The highest BCUT2D eigenvalue weighted by Gasteiger charge is 2.34. The third-order valence-corrected chi connectivity index (χ3v) is 5.24. The molecule has 1 N–H and O–H groups in total. The van der Waals surface area contributed by atoms with E-state index in [1.165, 1.54) is 49.5 Å². The number of hydrogen-bond acceptors (Lipinski definition) is 4. The summed E-state index contributed by atoms with van der Waals surface area (Å²) in [5.74, 6) is 0.735. The molecule has 0 aromatic carbocycles. The second kappa shape index (κ2) is 7.70. The topological polar surface area (TPSA) is 28.2 Å². The molecule has 0 unspecified atom stereocenters. The van der Waals surface area contributed by atoms with Gasteiger partial charge in [0.15, 0.2) is 0 Å². The molecule has 120 valence electrons. The lowest BCUT2D eigenvalue weighted by Crippen LogP contribution is -2.42. The van der Waals surface area contributed by atoms with E-state index < -0.39 is 0 Å². The summed E-state index contributed by atoms with van der Waals surface area (Å²) in [6.07, 6.45) is 5.54. The Hall–Kier alpha value is -0.450. The number of aryl methyl sites for hydroxylation is 1. The van der Waals surface area contributed by atoms with Gasteiger partial charge in [0.2, 0.25) is 0 Å². The Labute approximate surface area is 134 Å². The van der Waals surface area contributed by atoms with Crippen LogP contribution in [-0.2, 0) is 6.54 Å². The molecule has 0 aliphatic heterocycles. The van der Waals surface area contributed by atoms with E-state index in [9.17, 15) is 0 Å². The normalized spacial score (nSPS) is 18.0. The minimum atomic E-state index is 0.481. The van der Waals surface area contributed by atoms with E-state index in [1.807, 2.05) is 0 Å². The molecule has 1 aliphatic carbocycles. The van der Waals surface area contributed by atoms with E-state index >= 15 is 0 Å². The second-order valence-corrected chi connectivity index (χ2v) is 8.32. The van der Waals surface area contributed by atoms with Gasteiger partial charge >= 0.3 is 0 Å². The van der Waals surface area contributed by atoms with Crippen molar-refractivity contribution in [3.05, 3.63) is 16.1 Å². The van der Waals surface area contributed by atoms with E-state index in [4.69, 9.17) is 0 Å². The zero-order chi connectivity index (χ0) is 15.3. The van der Waals surface area contributed by atoms with Gasteiger partial charge in [0.1, 0.15) is 0 Å². The van der Waals surface area contributed by atoms with Crippen LogP contribution in [0.4, 0.5) is 0 Å². The average Bonchev–Trinajstić information content (AvgIpc) is 2.99. The summed E-state index contributed by atoms with van der Waals surface area (Å²) in [6.45, 7) is 11.1. The van der Waals surface area contributed by atoms with Crippen LogP contribution in [-0.4, -0.2) is 36.6 Å². The van der Waals surface area contributed by atoms with Gasteiger partial charge in [-0.3, -0.25) is 4.90 Å². The number of rotatable bonds is 8. The molecule has 1 heterocycles. The smallest absolute Gasteiger partial charge is 0.0897 e. The first kappa shape index (κ1) is 16.9. The summed E-state index contributed by atoms with van der Waals surface area (Å²) in [4.78, 5) is 7.06. The molecule has 2 rings (SSSR count). The van der Waals surface area contributed by atoms with E-state index in [0.29, 0.717) is 5.41 Å². The van der Waals surface area contributed by atoms with Crippen molar-refractivity contribution in [3.8, 4) is 0 Å². The summed E-state index contributed by atoms with van der Waals surface area (Å²) in [7, 11) is 2.25. The van der Waals surface area contributed by atoms with Crippen LogP contribution in [0.2, 0.25) is 0 Å². The zero-order valence-corrected chi connectivity index (χ0v) is 14.9. The number of aromatic nitrogens is 1. The van der Waals surface area contributed by atoms with Crippen LogP contribution in [0.5, 0.6) is 0 Å². The number of thiazole rings is 1. The van der Waals surface area contributed by atoms with E-state index in [2.05, 4.69) is 48.4 Å². The standard InChI is InChI=1S/C17H31N3S/c1-14(2)9-18-12-17(7-5-6-8-17)13-20(4)10-16-11-21-15(3)19-16/h11,14,18H,5-10,12-13H2,1-4H3. The Balaban J connectivity index is 1.86. The first-order chi connectivity index (χ1) is 9.99. The molecule has 0 saturated heterocycles. The van der Waals surface area contributed by atoms with Crippen LogP contribution >= 0.6 is 11.3 Å². The second-order valence-electron chi connectivity index (χ2n) is 7.26. The van der Waals surface area contributed by atoms with Crippen molar-refractivity contribution >= 4 is 11.3 Å². The SMILES string of the molecule is Cc1nc(CN(C)CC2(CNCC(C)C)CCCC2)cs1. The van der Waals surface area contributed by atoms with E-state index in [1.54, 1.807) is 11.3 Å². The maximum atomic E-state index is 4.59. The van der Waals surface area contributed by atoms with Crippen molar-refractivity contribution in [2.24, 2.45) is 11.3 Å². The molecular formula is C17H31N3S. The lowest BCUT2D eigenvalue weighted by molar-refractivity contribution is 0.165. The van der Waals surface area contributed by atoms with Crippen LogP contribution in [0.3, 0.4) is 0 Å². The fourth-order valence-electron chi connectivity index (χ4n) is 3.53. The van der Waals surface area contributed by atoms with Gasteiger partial charge in [0, 0.05) is 25.0 Å². The first-order valence-corrected chi connectivity index (χ1v) is 9.17. The van der Waals surface area contributed by atoms with Crippen molar-refractivity contribution in [2.45, 2.75) is 53.0 Å². The van der Waals surface area contributed by atoms with Crippen LogP contribution in [0.15, 0.2) is 5.38 Å². The maximum Gasteiger partial charge on any atom is 0.0897 e. The quantitative estimate of drug-likeness (QED) is 0.794. The van der Waals surface area contributed by atoms with Crippen molar-refractivity contribution in [1.29, 1.82) is 0 Å². The third kappa shape index (κ3) is 5.35. The predicted molar refractivity (Wildman–Crippen MR) is 91.8 cm³/mol. The molecule has 0 radical (unpaired) electrons. The Morgan fingerprint density at radius 1 is 1.38 bits per heavy atom. The molecule has 0 atom stereocenters. The Bertz CT molecular complexity index is 421. The van der Waals surface area contributed by atoms with Gasteiger partial charge < -0.3 is 5.32 Å². The Morgan fingerprint density at radius 2 is 2.10 bits per heavy atom. The van der Waals surface area contributed by atoms with Gasteiger partial charge in [0.05, 0.1) is 10.7 Å². The van der Waals surface area contributed by atoms with Crippen molar-refractivity contribution in [3.63, 3.8) is 0 Å². The molecule has 0 spiro atoms. The highest BCUT2D eigenvalue weighted by molar-refractivity contribution is 7.09. The molecule has 3 nitrogen and oxygen atoms in total. The molecule has 1 aromatic heterocycles. The highest BCUT2D eigenvalue weighted by Crippen LogP contribution is 2.38. The monoisotopic (exact) mass is 309 g/mol. The highest BCUT2D eigenvalue weighted by atomic mass is 32.1. The molecule has 1 fully saturated rings. The van der Waals surface area contributed by atoms with Crippen LogP contribution in [0, 0.1) is 18.3 Å². The third-order valence-electron chi connectivity index (χ3n) is 4.42. The van der Waals surface area contributed by atoms with Gasteiger partial charge in [-0.25, -0.2) is 4.98 Å². The van der Waals surface area contributed by atoms with Gasteiger partial charge in [-0.2, -0.15) is 0 Å². The molecule has 1 aliphatic rings. The predicted octanol–water partition coefficient (Wildman–Crippen LogP) is 3.69. The molecule has 1 saturated carbocycles. The Kier molecular flexibility index (Phi) is 6.20. The minimum Gasteiger partial charge on any atom is -0.316 e. The van der Waals surface area contributed by atoms with Crippen LogP contribution in [0.25, 0.3) is 0 Å². The largest absolute Gasteiger partial charge is 0.316 e. The fourth-order valence-corrected chi connectivity index (χ4v) is 4.13. The van der Waals surface area contributed by atoms with Crippen LogP contribution in [0.1, 0.15) is 50.2 Å². The molecule has 1 aromatic rings. The summed E-state index contributed by atoms with van der Waals surface area (Å²) >= 11 is 1.76. The number of nitrogens with zero attached hydrogens (tertiary/aromatic N) is 2. The first-order valence-electron chi connectivity index (χ1n) is 8.29. The van der Waals surface area contributed by atoms with Crippen molar-refractivity contribution in [2.75, 3.05) is 26.7 Å². The molecule has 4 heteroatoms. The lowest BCUT2D eigenvalue weighted by atomic mass is 9.85. The Morgan fingerprint density at radius 3 is 2.67 bits per heavy atom. The van der Waals surface area contributed by atoms with Crippen molar-refractivity contribution < 1.29 is 0 Å². The van der Waals surface area contributed by atoms with Gasteiger partial charge in [-0.1, -0.05) is 26.7 Å².